The zero-order valence-corrected chi connectivity index (χ0v) is 11.0. The van der Waals surface area contributed by atoms with E-state index >= 15 is 0 Å². The van der Waals surface area contributed by atoms with Crippen LogP contribution in [0.4, 0.5) is 14.6 Å². The zero-order valence-electron chi connectivity index (χ0n) is 11.0. The Morgan fingerprint density at radius 1 is 1.35 bits per heavy atom. The Morgan fingerprint density at radius 3 is 2.85 bits per heavy atom. The van der Waals surface area contributed by atoms with Crippen molar-refractivity contribution in [2.24, 2.45) is 0 Å². The largest absolute Gasteiger partial charge is 0.364 e. The Balaban J connectivity index is 1.57. The third kappa shape index (κ3) is 2.81. The van der Waals surface area contributed by atoms with E-state index in [0.29, 0.717) is 23.1 Å². The molecule has 20 heavy (non-hydrogen) atoms. The quantitative estimate of drug-likeness (QED) is 0.915. The zero-order chi connectivity index (χ0) is 13.9. The Labute approximate surface area is 115 Å². The van der Waals surface area contributed by atoms with Gasteiger partial charge in [-0.3, -0.25) is 4.68 Å². The van der Waals surface area contributed by atoms with Crippen LogP contribution in [0.3, 0.4) is 0 Å². The first kappa shape index (κ1) is 13.1. The van der Waals surface area contributed by atoms with Gasteiger partial charge in [-0.25, -0.2) is 4.68 Å². The van der Waals surface area contributed by atoms with Crippen molar-refractivity contribution >= 4 is 5.82 Å². The van der Waals surface area contributed by atoms with E-state index < -0.39 is 6.55 Å². The summed E-state index contributed by atoms with van der Waals surface area (Å²) in [5.74, 6) is 0.443. The van der Waals surface area contributed by atoms with E-state index in [4.69, 9.17) is 0 Å². The first-order chi connectivity index (χ1) is 9.72. The lowest BCUT2D eigenvalue weighted by atomic mass is 10.2. The maximum absolute atomic E-state index is 12.4. The van der Waals surface area contributed by atoms with Crippen LogP contribution in [0.2, 0.25) is 0 Å². The number of hydrogen-bond acceptors (Lipinski definition) is 3. The van der Waals surface area contributed by atoms with Gasteiger partial charge in [-0.05, 0) is 12.8 Å². The molecule has 0 aromatic carbocycles. The standard InChI is InChI=1S/C13H17F2N5/c14-13(15)19-6-5-12(18-19)16-7-10-8-17-20(9-10)11-3-1-2-4-11/h5-6,8-9,11,13H,1-4,7H2,(H,16,18). The number of nitrogens with zero attached hydrogens (tertiary/aromatic N) is 4. The van der Waals surface area contributed by atoms with Gasteiger partial charge in [0.2, 0.25) is 0 Å². The molecule has 1 aliphatic rings. The fourth-order valence-corrected chi connectivity index (χ4v) is 2.57. The minimum Gasteiger partial charge on any atom is -0.364 e. The van der Waals surface area contributed by atoms with Gasteiger partial charge in [0.25, 0.3) is 0 Å². The molecule has 5 nitrogen and oxygen atoms in total. The minimum atomic E-state index is -2.60. The van der Waals surface area contributed by atoms with Crippen LogP contribution in [0.15, 0.2) is 24.7 Å². The molecule has 2 heterocycles. The molecule has 0 amide bonds. The summed E-state index contributed by atoms with van der Waals surface area (Å²) in [5.41, 5.74) is 1.03. The molecule has 0 saturated heterocycles. The van der Waals surface area contributed by atoms with Gasteiger partial charge in [0.1, 0.15) is 5.82 Å². The molecule has 108 valence electrons. The molecule has 0 aliphatic heterocycles. The number of nitrogens with one attached hydrogen (secondary N) is 1. The van der Waals surface area contributed by atoms with Crippen LogP contribution in [-0.4, -0.2) is 19.6 Å². The smallest absolute Gasteiger partial charge is 0.333 e. The van der Waals surface area contributed by atoms with Gasteiger partial charge in [0, 0.05) is 30.6 Å². The maximum Gasteiger partial charge on any atom is 0.333 e. The molecule has 3 rings (SSSR count). The van der Waals surface area contributed by atoms with E-state index in [2.05, 4.69) is 15.5 Å². The number of halogens is 2. The third-order valence-corrected chi connectivity index (χ3v) is 3.64. The summed E-state index contributed by atoms with van der Waals surface area (Å²) in [6.45, 7) is -2.07. The first-order valence-corrected chi connectivity index (χ1v) is 6.82. The number of rotatable bonds is 5. The average Bonchev–Trinajstić information content (AvgIpc) is 3.17. The van der Waals surface area contributed by atoms with Crippen molar-refractivity contribution in [3.63, 3.8) is 0 Å². The van der Waals surface area contributed by atoms with Gasteiger partial charge in [-0.1, -0.05) is 12.8 Å². The Morgan fingerprint density at radius 2 is 2.15 bits per heavy atom. The SMILES string of the molecule is FC(F)n1ccc(NCc2cnn(C3CCCC3)c2)n1. The predicted octanol–water partition coefficient (Wildman–Crippen LogP) is 3.20. The van der Waals surface area contributed by atoms with Crippen LogP contribution >= 0.6 is 0 Å². The molecule has 2 aromatic rings. The summed E-state index contributed by atoms with van der Waals surface area (Å²) in [6.07, 6.45) is 10.0. The lowest BCUT2D eigenvalue weighted by Crippen LogP contribution is -2.05. The van der Waals surface area contributed by atoms with Crippen LogP contribution in [0.25, 0.3) is 0 Å². The van der Waals surface area contributed by atoms with Crippen molar-refractivity contribution in [2.45, 2.75) is 44.8 Å². The Kier molecular flexibility index (Phi) is 3.66. The van der Waals surface area contributed by atoms with Gasteiger partial charge >= 0.3 is 6.55 Å². The third-order valence-electron chi connectivity index (χ3n) is 3.64. The number of alkyl halides is 2. The van der Waals surface area contributed by atoms with Crippen molar-refractivity contribution in [1.82, 2.24) is 19.6 Å². The molecule has 2 aromatic heterocycles. The normalized spacial score (nSPS) is 16.1. The van der Waals surface area contributed by atoms with Gasteiger partial charge in [0.15, 0.2) is 0 Å². The molecule has 0 radical (unpaired) electrons. The number of hydrogen-bond donors (Lipinski definition) is 1. The molecular weight excluding hydrogens is 264 g/mol. The van der Waals surface area contributed by atoms with E-state index in [0.717, 1.165) is 5.56 Å². The summed E-state index contributed by atoms with van der Waals surface area (Å²) in [6, 6.07) is 2.05. The first-order valence-electron chi connectivity index (χ1n) is 6.82. The molecule has 0 bridgehead atoms. The van der Waals surface area contributed by atoms with Crippen molar-refractivity contribution in [2.75, 3.05) is 5.32 Å². The Bertz CT molecular complexity index is 557. The maximum atomic E-state index is 12.4. The highest BCUT2D eigenvalue weighted by molar-refractivity contribution is 5.33. The summed E-state index contributed by atoms with van der Waals surface area (Å²) in [4.78, 5) is 0. The predicted molar refractivity (Wildman–Crippen MR) is 70.5 cm³/mol. The topological polar surface area (TPSA) is 47.7 Å². The van der Waals surface area contributed by atoms with Crippen LogP contribution < -0.4 is 5.32 Å². The molecular formula is C13H17F2N5. The summed E-state index contributed by atoms with van der Waals surface area (Å²) < 4.78 is 27.4. The fraction of sp³-hybridized carbons (Fsp3) is 0.538. The fourth-order valence-electron chi connectivity index (χ4n) is 2.57. The van der Waals surface area contributed by atoms with E-state index in [9.17, 15) is 8.78 Å². The van der Waals surface area contributed by atoms with Crippen molar-refractivity contribution < 1.29 is 8.78 Å². The second-order valence-corrected chi connectivity index (χ2v) is 5.08. The van der Waals surface area contributed by atoms with Gasteiger partial charge in [-0.2, -0.15) is 19.0 Å². The van der Waals surface area contributed by atoms with Gasteiger partial charge < -0.3 is 5.32 Å². The van der Waals surface area contributed by atoms with Crippen molar-refractivity contribution in [3.8, 4) is 0 Å². The highest BCUT2D eigenvalue weighted by Crippen LogP contribution is 2.28. The van der Waals surface area contributed by atoms with Gasteiger partial charge in [0.05, 0.1) is 12.2 Å². The molecule has 0 unspecified atom stereocenters. The van der Waals surface area contributed by atoms with Crippen molar-refractivity contribution in [1.29, 1.82) is 0 Å². The van der Waals surface area contributed by atoms with Crippen molar-refractivity contribution in [3.05, 3.63) is 30.2 Å². The summed E-state index contributed by atoms with van der Waals surface area (Å²) in [5, 5.41) is 11.1. The molecule has 1 N–H and O–H groups in total. The molecule has 0 atom stereocenters. The van der Waals surface area contributed by atoms with E-state index in [1.807, 2.05) is 17.1 Å². The van der Waals surface area contributed by atoms with Crippen LogP contribution in [0.5, 0.6) is 0 Å². The lowest BCUT2D eigenvalue weighted by molar-refractivity contribution is 0.0569. The monoisotopic (exact) mass is 281 g/mol. The lowest BCUT2D eigenvalue weighted by Gasteiger charge is -2.08. The average molecular weight is 281 g/mol. The number of aromatic nitrogens is 4. The van der Waals surface area contributed by atoms with E-state index in [-0.39, 0.29) is 0 Å². The molecule has 7 heteroatoms. The summed E-state index contributed by atoms with van der Waals surface area (Å²) >= 11 is 0. The second-order valence-electron chi connectivity index (χ2n) is 5.08. The van der Waals surface area contributed by atoms with Crippen LogP contribution in [0, 0.1) is 0 Å². The Hall–Kier alpha value is -1.92. The molecule has 1 saturated carbocycles. The minimum absolute atomic E-state index is 0.443. The number of anilines is 1. The second kappa shape index (κ2) is 5.60. The highest BCUT2D eigenvalue weighted by atomic mass is 19.3. The van der Waals surface area contributed by atoms with Crippen LogP contribution in [-0.2, 0) is 6.54 Å². The van der Waals surface area contributed by atoms with E-state index in [1.54, 1.807) is 0 Å². The van der Waals surface area contributed by atoms with Crippen LogP contribution in [0.1, 0.15) is 43.8 Å². The highest BCUT2D eigenvalue weighted by Gasteiger charge is 2.17. The van der Waals surface area contributed by atoms with Gasteiger partial charge in [-0.15, -0.1) is 0 Å². The van der Waals surface area contributed by atoms with E-state index in [1.165, 1.54) is 37.9 Å². The molecule has 0 spiro atoms. The summed E-state index contributed by atoms with van der Waals surface area (Å²) in [7, 11) is 0. The molecule has 1 aliphatic carbocycles. The molecule has 1 fully saturated rings.